The molecule has 0 saturated carbocycles. The fraction of sp³-hybridized carbons (Fsp3) is 0.730. The number of likely N-dealkylation sites (N-methyl/N-ethyl adjacent to an activating group) is 1. The summed E-state index contributed by atoms with van der Waals surface area (Å²) in [4.78, 5) is 75.0. The molecule has 2 rings (SSSR count). The average Bonchev–Trinajstić information content (AvgIpc) is 3.79. The van der Waals surface area contributed by atoms with Crippen LogP contribution in [-0.4, -0.2) is 121 Å². The molecule has 288 valence electrons. The second-order valence-electron chi connectivity index (χ2n) is 14.2. The quantitative estimate of drug-likeness (QED) is 0.171. The minimum absolute atomic E-state index is 0.0166. The average molecular weight is 736 g/mol. The van der Waals surface area contributed by atoms with Crippen molar-refractivity contribution in [3.63, 3.8) is 0 Å². The summed E-state index contributed by atoms with van der Waals surface area (Å²) < 4.78 is 11.8. The zero-order valence-electron chi connectivity index (χ0n) is 32.3. The molecular weight excluding hydrogens is 675 g/mol. The summed E-state index contributed by atoms with van der Waals surface area (Å²) in [6, 6.07) is 0.839. The molecule has 1 aromatic heterocycles. The number of ether oxygens (including phenoxy) is 2. The third-order valence-corrected chi connectivity index (χ3v) is 11.0. The van der Waals surface area contributed by atoms with Crippen molar-refractivity contribution in [2.45, 2.75) is 117 Å². The molecule has 0 radical (unpaired) electrons. The highest BCUT2D eigenvalue weighted by Gasteiger charge is 2.43. The van der Waals surface area contributed by atoms with Crippen molar-refractivity contribution in [3.8, 4) is 0 Å². The van der Waals surface area contributed by atoms with Crippen molar-refractivity contribution < 1.29 is 38.6 Å². The van der Waals surface area contributed by atoms with Crippen LogP contribution in [0.15, 0.2) is 22.5 Å². The van der Waals surface area contributed by atoms with Crippen LogP contribution in [0.25, 0.3) is 0 Å². The van der Waals surface area contributed by atoms with Crippen LogP contribution < -0.4 is 10.6 Å². The van der Waals surface area contributed by atoms with E-state index in [0.29, 0.717) is 31.5 Å². The molecule has 0 spiro atoms. The number of aliphatic imine (C=N–C) groups is 1. The van der Waals surface area contributed by atoms with Gasteiger partial charge in [0.25, 0.3) is 5.91 Å². The second-order valence-corrected chi connectivity index (χ2v) is 15.3. The Bertz CT molecular complexity index is 1340. The first-order chi connectivity index (χ1) is 24.0. The number of rotatable bonds is 20. The number of nitrogens with zero attached hydrogens (tertiary/aromatic N) is 3. The lowest BCUT2D eigenvalue weighted by molar-refractivity contribution is -0.148. The monoisotopic (exact) mass is 735 g/mol. The van der Waals surface area contributed by atoms with Crippen LogP contribution in [0, 0.1) is 23.7 Å². The Labute approximate surface area is 307 Å². The highest BCUT2D eigenvalue weighted by Crippen LogP contribution is 2.30. The molecule has 14 heteroatoms. The van der Waals surface area contributed by atoms with Gasteiger partial charge >= 0.3 is 5.97 Å². The number of nitrogens with one attached hydrogen (secondary N) is 2. The summed E-state index contributed by atoms with van der Waals surface area (Å²) in [5.74, 6) is -3.58. The molecule has 8 atom stereocenters. The first-order valence-corrected chi connectivity index (χ1v) is 18.9. The molecule has 1 aliphatic heterocycles. The van der Waals surface area contributed by atoms with E-state index in [1.54, 1.807) is 30.8 Å². The van der Waals surface area contributed by atoms with E-state index in [2.05, 4.69) is 15.6 Å². The normalized spacial score (nSPS) is 19.2. The van der Waals surface area contributed by atoms with Gasteiger partial charge in [0.1, 0.15) is 17.8 Å². The summed E-state index contributed by atoms with van der Waals surface area (Å²) in [7, 11) is 6.27. The Kier molecular flexibility index (Phi) is 17.7. The Morgan fingerprint density at radius 1 is 1.08 bits per heavy atom. The minimum atomic E-state index is -1.13. The molecular formula is C37H61N5O8S. The van der Waals surface area contributed by atoms with E-state index in [-0.39, 0.29) is 48.3 Å². The van der Waals surface area contributed by atoms with Crippen LogP contribution >= 0.6 is 11.3 Å². The highest BCUT2D eigenvalue weighted by molar-refractivity contribution is 7.09. The number of hydrogen-bond acceptors (Lipinski definition) is 9. The molecule has 0 bridgehead atoms. The van der Waals surface area contributed by atoms with Gasteiger partial charge in [-0.05, 0) is 36.1 Å². The lowest BCUT2D eigenvalue weighted by atomic mass is 9.89. The van der Waals surface area contributed by atoms with Gasteiger partial charge in [-0.3, -0.25) is 24.2 Å². The van der Waals surface area contributed by atoms with Gasteiger partial charge in [-0.15, -0.1) is 11.3 Å². The van der Waals surface area contributed by atoms with E-state index >= 15 is 0 Å². The van der Waals surface area contributed by atoms with Crippen LogP contribution in [0.1, 0.15) is 79.0 Å². The number of carbonyl (C=O) groups excluding carboxylic acids is 4. The van der Waals surface area contributed by atoms with Gasteiger partial charge in [-0.1, -0.05) is 61.0 Å². The number of carboxylic acid groups (broad SMARTS) is 1. The zero-order valence-corrected chi connectivity index (χ0v) is 33.1. The van der Waals surface area contributed by atoms with Gasteiger partial charge in [0.05, 0.1) is 36.6 Å². The Morgan fingerprint density at radius 3 is 2.24 bits per heavy atom. The number of amides is 4. The molecule has 1 saturated heterocycles. The third-order valence-electron chi connectivity index (χ3n) is 10.1. The molecule has 1 aromatic rings. The van der Waals surface area contributed by atoms with E-state index in [9.17, 15) is 29.1 Å². The van der Waals surface area contributed by atoms with Gasteiger partial charge in [-0.25, -0.2) is 4.79 Å². The first kappa shape index (κ1) is 43.8. The molecule has 4 amide bonds. The molecule has 0 aromatic carbocycles. The first-order valence-electron chi connectivity index (χ1n) is 18.0. The number of thiophene rings is 1. The van der Waals surface area contributed by atoms with E-state index in [1.165, 1.54) is 25.6 Å². The number of carboxylic acids is 1. The predicted molar refractivity (Wildman–Crippen MR) is 199 cm³/mol. The lowest BCUT2D eigenvalue weighted by Gasteiger charge is -2.40. The molecule has 0 aliphatic carbocycles. The van der Waals surface area contributed by atoms with E-state index in [1.807, 2.05) is 59.1 Å². The second kappa shape index (κ2) is 20.6. The number of carbonyl (C=O) groups is 5. The van der Waals surface area contributed by atoms with E-state index < -0.39 is 54.2 Å². The van der Waals surface area contributed by atoms with Crippen LogP contribution in [-0.2, 0) is 39.9 Å². The number of aliphatic carboxylic acids is 1. The van der Waals surface area contributed by atoms with Crippen LogP contribution in [0.5, 0.6) is 0 Å². The standard InChI is InChI=1S/C37H61N5O8S/c1-12-23(6)32(41(9)36(46)31(22(4)5)40-35(45)30(38-8)21(2)3)28(49-10)20-29(43)42-17-13-16-27(42)33(50-11)24(7)34(44)39-26(37(47)48)19-25-15-14-18-51-25/h14-15,18,21-24,26-28,31-33H,12-13,16-17,19-20H2,1-11H3,(H,39,44)(H,40,45)(H,47,48)/t23-,24+,26?,27-,28+,31-,32?,33+/m0/s1. The summed E-state index contributed by atoms with van der Waals surface area (Å²) in [5, 5.41) is 17.2. The lowest BCUT2D eigenvalue weighted by Crippen LogP contribution is -2.58. The smallest absolute Gasteiger partial charge is 0.326 e. The van der Waals surface area contributed by atoms with Gasteiger partial charge in [0, 0.05) is 52.1 Å². The van der Waals surface area contributed by atoms with Gasteiger partial charge in [-0.2, -0.15) is 0 Å². The van der Waals surface area contributed by atoms with E-state index in [4.69, 9.17) is 9.47 Å². The highest BCUT2D eigenvalue weighted by atomic mass is 32.1. The minimum Gasteiger partial charge on any atom is -0.480 e. The largest absolute Gasteiger partial charge is 0.480 e. The third kappa shape index (κ3) is 11.6. The maximum absolute atomic E-state index is 14.1. The summed E-state index contributed by atoms with van der Waals surface area (Å²) in [5.41, 5.74) is 0.358. The van der Waals surface area contributed by atoms with Crippen molar-refractivity contribution in [2.24, 2.45) is 28.7 Å². The van der Waals surface area contributed by atoms with Crippen LogP contribution in [0.4, 0.5) is 0 Å². The van der Waals surface area contributed by atoms with Crippen molar-refractivity contribution >= 4 is 46.6 Å². The number of likely N-dealkylation sites (tertiary alicyclic amines) is 1. The molecule has 2 unspecified atom stereocenters. The molecule has 13 nitrogen and oxygen atoms in total. The predicted octanol–water partition coefficient (Wildman–Crippen LogP) is 3.65. The van der Waals surface area contributed by atoms with Gasteiger partial charge in [0.15, 0.2) is 0 Å². The van der Waals surface area contributed by atoms with Crippen molar-refractivity contribution in [1.29, 1.82) is 0 Å². The summed E-state index contributed by atoms with van der Waals surface area (Å²) in [6.45, 7) is 13.7. The number of methoxy groups -OCH3 is 2. The van der Waals surface area contributed by atoms with Crippen molar-refractivity contribution in [3.05, 3.63) is 22.4 Å². The maximum Gasteiger partial charge on any atom is 0.326 e. The summed E-state index contributed by atoms with van der Waals surface area (Å²) in [6.07, 6.45) is 0.840. The molecule has 1 fully saturated rings. The molecule has 1 aliphatic rings. The Morgan fingerprint density at radius 2 is 1.75 bits per heavy atom. The Hall–Kier alpha value is -3.36. The summed E-state index contributed by atoms with van der Waals surface area (Å²) >= 11 is 1.42. The molecule has 3 N–H and O–H groups in total. The zero-order chi connectivity index (χ0) is 38.6. The maximum atomic E-state index is 14.1. The molecule has 2 heterocycles. The topological polar surface area (TPSA) is 167 Å². The van der Waals surface area contributed by atoms with Crippen molar-refractivity contribution in [2.75, 3.05) is 34.9 Å². The Balaban J connectivity index is 2.27. The fourth-order valence-corrected chi connectivity index (χ4v) is 7.76. The fourth-order valence-electron chi connectivity index (χ4n) is 7.01. The van der Waals surface area contributed by atoms with Gasteiger partial charge < -0.3 is 35.0 Å². The van der Waals surface area contributed by atoms with Crippen molar-refractivity contribution in [1.82, 2.24) is 20.4 Å². The molecule has 51 heavy (non-hydrogen) atoms. The van der Waals surface area contributed by atoms with Gasteiger partial charge in [0.2, 0.25) is 17.7 Å². The van der Waals surface area contributed by atoms with Crippen LogP contribution in [0.2, 0.25) is 0 Å². The van der Waals surface area contributed by atoms with Crippen LogP contribution in [0.3, 0.4) is 0 Å². The SMILES string of the molecule is CC[C@H](C)C([C@@H](CC(=O)N1CCC[C@H]1[C@H](OC)[C@@H](C)C(=O)NC(Cc1cccs1)C(=O)O)OC)N(C)C(=O)[C@@H](NC(=O)C(=NC)C(C)C)C(C)C. The van der Waals surface area contributed by atoms with E-state index in [0.717, 1.165) is 4.88 Å². The number of hydrogen-bond donors (Lipinski definition) is 3.